The van der Waals surface area contributed by atoms with Crippen LogP contribution >= 0.6 is 0 Å². The van der Waals surface area contributed by atoms with Crippen LogP contribution in [0.15, 0.2) is 28.4 Å². The van der Waals surface area contributed by atoms with Gasteiger partial charge in [-0.3, -0.25) is 4.79 Å². The number of allylic oxidation sites excluding steroid dienone is 2. The van der Waals surface area contributed by atoms with Gasteiger partial charge in [-0.05, 0) is 50.8 Å². The van der Waals surface area contributed by atoms with E-state index in [0.29, 0.717) is 6.42 Å². The Bertz CT molecular complexity index is 449. The first-order valence-corrected chi connectivity index (χ1v) is 6.26. The molecule has 1 heterocycles. The molecule has 0 unspecified atom stereocenters. The third kappa shape index (κ3) is 2.51. The summed E-state index contributed by atoms with van der Waals surface area (Å²) in [7, 11) is 0. The van der Waals surface area contributed by atoms with Crippen LogP contribution in [0, 0.1) is 0 Å². The molecule has 0 bridgehead atoms. The van der Waals surface area contributed by atoms with Crippen molar-refractivity contribution in [1.82, 2.24) is 0 Å². The van der Waals surface area contributed by atoms with E-state index in [1.54, 1.807) is 12.3 Å². The maximum Gasteiger partial charge on any atom is 0.156 e. The van der Waals surface area contributed by atoms with E-state index in [2.05, 4.69) is 6.92 Å². The highest BCUT2D eigenvalue weighted by atomic mass is 16.3. The summed E-state index contributed by atoms with van der Waals surface area (Å²) in [5, 5.41) is 0. The summed E-state index contributed by atoms with van der Waals surface area (Å²) >= 11 is 0. The minimum atomic E-state index is -0.111. The minimum Gasteiger partial charge on any atom is -0.468 e. The summed E-state index contributed by atoms with van der Waals surface area (Å²) in [6.07, 6.45) is 7.31. The zero-order valence-electron chi connectivity index (χ0n) is 10.9. The molecule has 0 fully saturated rings. The van der Waals surface area contributed by atoms with Crippen LogP contribution in [0.3, 0.4) is 0 Å². The molecular weight excluding hydrogens is 212 g/mol. The third-order valence-corrected chi connectivity index (χ3v) is 3.48. The number of aryl methyl sites for hydroxylation is 1. The standard InChI is InChI=1S/C15H20O2/c1-11(2)9-13(16)10-15(3)7-4-5-12-6-8-17-14(12)15/h6,8-9H,4-5,7,10H2,1-3H3/t15-/m0/s1. The van der Waals surface area contributed by atoms with E-state index in [1.807, 2.05) is 19.9 Å². The summed E-state index contributed by atoms with van der Waals surface area (Å²) in [6, 6.07) is 2.04. The van der Waals surface area contributed by atoms with Crippen LogP contribution in [0.25, 0.3) is 0 Å². The number of carbonyl (C=O) groups excluding carboxylic acids is 1. The molecule has 1 aromatic heterocycles. The molecule has 0 spiro atoms. The van der Waals surface area contributed by atoms with Crippen molar-refractivity contribution in [3.63, 3.8) is 0 Å². The van der Waals surface area contributed by atoms with Crippen molar-refractivity contribution in [3.05, 3.63) is 35.3 Å². The van der Waals surface area contributed by atoms with Crippen LogP contribution < -0.4 is 0 Å². The Balaban J connectivity index is 2.22. The third-order valence-electron chi connectivity index (χ3n) is 3.48. The average Bonchev–Trinajstić information content (AvgIpc) is 2.65. The normalized spacial score (nSPS) is 23.0. The molecule has 1 atom stereocenters. The van der Waals surface area contributed by atoms with Gasteiger partial charge in [0.1, 0.15) is 5.76 Å². The minimum absolute atomic E-state index is 0.111. The van der Waals surface area contributed by atoms with Gasteiger partial charge in [-0.2, -0.15) is 0 Å². The second-order valence-corrected chi connectivity index (χ2v) is 5.55. The predicted octanol–water partition coefficient (Wildman–Crippen LogP) is 3.80. The summed E-state index contributed by atoms with van der Waals surface area (Å²) in [5.74, 6) is 1.23. The van der Waals surface area contributed by atoms with Crippen LogP contribution in [-0.2, 0) is 16.6 Å². The first kappa shape index (κ1) is 12.2. The number of carbonyl (C=O) groups is 1. The van der Waals surface area contributed by atoms with Gasteiger partial charge in [-0.1, -0.05) is 12.5 Å². The molecule has 1 aliphatic carbocycles. The zero-order valence-corrected chi connectivity index (χ0v) is 10.9. The second kappa shape index (κ2) is 4.52. The van der Waals surface area contributed by atoms with Gasteiger partial charge in [0.25, 0.3) is 0 Å². The van der Waals surface area contributed by atoms with Gasteiger partial charge in [0, 0.05) is 11.8 Å². The lowest BCUT2D eigenvalue weighted by Gasteiger charge is -2.31. The van der Waals surface area contributed by atoms with Gasteiger partial charge in [0.15, 0.2) is 5.78 Å². The van der Waals surface area contributed by atoms with Gasteiger partial charge < -0.3 is 4.42 Å². The maximum absolute atomic E-state index is 11.9. The van der Waals surface area contributed by atoms with Crippen LogP contribution in [0.4, 0.5) is 0 Å². The van der Waals surface area contributed by atoms with E-state index >= 15 is 0 Å². The molecule has 2 heteroatoms. The maximum atomic E-state index is 11.9. The van der Waals surface area contributed by atoms with Crippen molar-refractivity contribution in [1.29, 1.82) is 0 Å². The summed E-state index contributed by atoms with van der Waals surface area (Å²) in [4.78, 5) is 11.9. The summed E-state index contributed by atoms with van der Waals surface area (Å²) in [5.41, 5.74) is 2.23. The molecule has 1 aliphatic rings. The van der Waals surface area contributed by atoms with E-state index in [1.165, 1.54) is 5.56 Å². The van der Waals surface area contributed by atoms with Crippen LogP contribution in [0.1, 0.15) is 51.4 Å². The zero-order chi connectivity index (χ0) is 12.5. The monoisotopic (exact) mass is 232 g/mol. The van der Waals surface area contributed by atoms with Gasteiger partial charge in [-0.15, -0.1) is 0 Å². The lowest BCUT2D eigenvalue weighted by atomic mass is 9.72. The molecular formula is C15H20O2. The second-order valence-electron chi connectivity index (χ2n) is 5.55. The van der Waals surface area contributed by atoms with Crippen molar-refractivity contribution in [2.45, 2.75) is 51.9 Å². The molecule has 92 valence electrons. The molecule has 0 aromatic carbocycles. The van der Waals surface area contributed by atoms with Gasteiger partial charge in [0.2, 0.25) is 0 Å². The van der Waals surface area contributed by atoms with Gasteiger partial charge in [0.05, 0.1) is 6.26 Å². The molecule has 0 N–H and O–H groups in total. The fraction of sp³-hybridized carbons (Fsp3) is 0.533. The SMILES string of the molecule is CC(C)=CC(=O)C[C@]1(C)CCCc2ccoc21. The molecule has 1 aromatic rings. The van der Waals surface area contributed by atoms with Crippen LogP contribution in [-0.4, -0.2) is 5.78 Å². The van der Waals surface area contributed by atoms with Gasteiger partial charge in [-0.25, -0.2) is 0 Å². The van der Waals surface area contributed by atoms with Crippen molar-refractivity contribution in [2.75, 3.05) is 0 Å². The molecule has 0 aliphatic heterocycles. The average molecular weight is 232 g/mol. The molecule has 17 heavy (non-hydrogen) atoms. The highest BCUT2D eigenvalue weighted by Crippen LogP contribution is 2.40. The number of furan rings is 1. The largest absolute Gasteiger partial charge is 0.468 e. The Hall–Kier alpha value is -1.31. The Labute approximate surface area is 103 Å². The van der Waals surface area contributed by atoms with Crippen LogP contribution in [0.5, 0.6) is 0 Å². The number of hydrogen-bond acceptors (Lipinski definition) is 2. The first-order chi connectivity index (χ1) is 8.01. The Morgan fingerprint density at radius 3 is 3.00 bits per heavy atom. The lowest BCUT2D eigenvalue weighted by molar-refractivity contribution is -0.116. The van der Waals surface area contributed by atoms with Crippen molar-refractivity contribution in [3.8, 4) is 0 Å². The van der Waals surface area contributed by atoms with Crippen molar-refractivity contribution in [2.24, 2.45) is 0 Å². The first-order valence-electron chi connectivity index (χ1n) is 6.26. The highest BCUT2D eigenvalue weighted by Gasteiger charge is 2.36. The fourth-order valence-electron chi connectivity index (χ4n) is 2.77. The van der Waals surface area contributed by atoms with E-state index in [0.717, 1.165) is 30.6 Å². The molecule has 0 saturated carbocycles. The predicted molar refractivity (Wildman–Crippen MR) is 68.1 cm³/mol. The van der Waals surface area contributed by atoms with E-state index in [4.69, 9.17) is 4.42 Å². The molecule has 0 amide bonds. The Morgan fingerprint density at radius 2 is 2.29 bits per heavy atom. The van der Waals surface area contributed by atoms with Gasteiger partial charge >= 0.3 is 0 Å². The molecule has 0 radical (unpaired) electrons. The molecule has 0 saturated heterocycles. The Kier molecular flexibility index (Phi) is 3.23. The van der Waals surface area contributed by atoms with E-state index in [9.17, 15) is 4.79 Å². The van der Waals surface area contributed by atoms with E-state index < -0.39 is 0 Å². The molecule has 2 nitrogen and oxygen atoms in total. The summed E-state index contributed by atoms with van der Waals surface area (Å²) in [6.45, 7) is 6.06. The summed E-state index contributed by atoms with van der Waals surface area (Å²) < 4.78 is 5.60. The van der Waals surface area contributed by atoms with Crippen molar-refractivity contribution >= 4 is 5.78 Å². The number of ketones is 1. The Morgan fingerprint density at radius 1 is 1.53 bits per heavy atom. The van der Waals surface area contributed by atoms with E-state index in [-0.39, 0.29) is 11.2 Å². The quantitative estimate of drug-likeness (QED) is 0.742. The van der Waals surface area contributed by atoms with Crippen molar-refractivity contribution < 1.29 is 9.21 Å². The van der Waals surface area contributed by atoms with Crippen LogP contribution in [0.2, 0.25) is 0 Å². The fourth-order valence-corrected chi connectivity index (χ4v) is 2.77. The smallest absolute Gasteiger partial charge is 0.156 e. The number of fused-ring (bicyclic) bond motifs is 1. The highest BCUT2D eigenvalue weighted by molar-refractivity contribution is 5.91. The molecule has 2 rings (SSSR count). The number of hydrogen-bond donors (Lipinski definition) is 0. The number of rotatable bonds is 3. The lowest BCUT2D eigenvalue weighted by Crippen LogP contribution is -2.29. The topological polar surface area (TPSA) is 30.2 Å².